The molecule has 1 N–H and O–H groups in total. The van der Waals surface area contributed by atoms with Crippen LogP contribution >= 0.6 is 0 Å². The number of carbonyl (C=O) groups excluding carboxylic acids is 1. The minimum atomic E-state index is -0.555. The van der Waals surface area contributed by atoms with E-state index >= 15 is 0 Å². The third kappa shape index (κ3) is 2.25. The predicted octanol–water partition coefficient (Wildman–Crippen LogP) is 3.64. The van der Waals surface area contributed by atoms with Crippen molar-refractivity contribution in [3.63, 3.8) is 0 Å². The Morgan fingerprint density at radius 2 is 1.88 bits per heavy atom. The van der Waals surface area contributed by atoms with E-state index in [1.807, 2.05) is 24.3 Å². The van der Waals surface area contributed by atoms with Crippen LogP contribution in [0.3, 0.4) is 0 Å². The number of ether oxygens (including phenoxy) is 1. The van der Waals surface area contributed by atoms with Crippen LogP contribution in [0.5, 0.6) is 5.75 Å². The Bertz CT molecular complexity index is 899. The van der Waals surface area contributed by atoms with Gasteiger partial charge in [-0.15, -0.1) is 0 Å². The van der Waals surface area contributed by atoms with Crippen LogP contribution in [0, 0.1) is 6.92 Å². The average Bonchev–Trinajstić information content (AvgIpc) is 3.05. The maximum Gasteiger partial charge on any atom is 0.241 e. The first-order valence-electron chi connectivity index (χ1n) is 8.90. The number of methoxy groups -OCH3 is 1. The molecule has 0 bridgehead atoms. The fourth-order valence-electron chi connectivity index (χ4n) is 4.22. The van der Waals surface area contributed by atoms with E-state index in [0.717, 1.165) is 17.0 Å². The summed E-state index contributed by atoms with van der Waals surface area (Å²) in [5.74, 6) is 0.892. The van der Waals surface area contributed by atoms with E-state index in [4.69, 9.17) is 4.74 Å². The predicted molar refractivity (Wildman–Crippen MR) is 104 cm³/mol. The molecule has 1 saturated heterocycles. The lowest BCUT2D eigenvalue weighted by Crippen LogP contribution is -2.58. The summed E-state index contributed by atoms with van der Waals surface area (Å²) < 4.78 is 5.23. The normalized spacial score (nSPS) is 23.1. The third-order valence-corrected chi connectivity index (χ3v) is 5.76. The van der Waals surface area contributed by atoms with Crippen molar-refractivity contribution in [3.8, 4) is 5.75 Å². The number of amides is 1. The molecule has 2 heterocycles. The molecule has 2 aromatic carbocycles. The van der Waals surface area contributed by atoms with Crippen LogP contribution in [-0.2, 0) is 10.2 Å². The van der Waals surface area contributed by atoms with Gasteiger partial charge in [-0.25, -0.2) is 0 Å². The second-order valence-electron chi connectivity index (χ2n) is 7.65. The lowest BCUT2D eigenvalue weighted by molar-refractivity contribution is -0.118. The Balaban J connectivity index is 1.79. The van der Waals surface area contributed by atoms with Crippen LogP contribution in [0.15, 0.2) is 48.5 Å². The number of hydrogen-bond donors (Lipinski definition) is 1. The summed E-state index contributed by atoms with van der Waals surface area (Å²) in [7, 11) is 1.66. The number of nitrogens with zero attached hydrogens (tertiary/aromatic N) is 1. The van der Waals surface area contributed by atoms with Crippen molar-refractivity contribution in [1.82, 2.24) is 5.32 Å². The molecular weight excluding hydrogens is 324 g/mol. The average molecular weight is 348 g/mol. The summed E-state index contributed by atoms with van der Waals surface area (Å²) >= 11 is 0. The van der Waals surface area contributed by atoms with Crippen molar-refractivity contribution in [1.29, 1.82) is 0 Å². The van der Waals surface area contributed by atoms with Gasteiger partial charge in [0, 0.05) is 11.1 Å². The number of rotatable bonds is 3. The molecule has 134 valence electrons. The number of carbonyl (C=O) groups is 1. The van der Waals surface area contributed by atoms with Gasteiger partial charge in [0.1, 0.15) is 11.4 Å². The number of fused-ring (bicyclic) bond motifs is 3. The fourth-order valence-corrected chi connectivity index (χ4v) is 4.22. The van der Waals surface area contributed by atoms with E-state index in [2.05, 4.69) is 61.3 Å². The summed E-state index contributed by atoms with van der Waals surface area (Å²) in [6, 6.07) is 14.4. The quantitative estimate of drug-likeness (QED) is 0.921. The zero-order chi connectivity index (χ0) is 18.5. The number of hydrogen-bond acceptors (Lipinski definition) is 3. The van der Waals surface area contributed by atoms with Crippen molar-refractivity contribution < 1.29 is 9.53 Å². The van der Waals surface area contributed by atoms with Gasteiger partial charge in [-0.3, -0.25) is 4.79 Å². The number of nitrogens with one attached hydrogen (secondary N) is 1. The zero-order valence-corrected chi connectivity index (χ0v) is 15.7. The second-order valence-corrected chi connectivity index (χ2v) is 7.65. The first kappa shape index (κ1) is 16.7. The lowest BCUT2D eigenvalue weighted by Gasteiger charge is -2.40. The molecule has 0 saturated carbocycles. The molecule has 1 amide bonds. The minimum absolute atomic E-state index is 0.0590. The van der Waals surface area contributed by atoms with Gasteiger partial charge in [0.2, 0.25) is 5.91 Å². The summed E-state index contributed by atoms with van der Waals surface area (Å²) in [4.78, 5) is 14.5. The molecule has 26 heavy (non-hydrogen) atoms. The van der Waals surface area contributed by atoms with Crippen LogP contribution in [0.4, 0.5) is 5.69 Å². The van der Waals surface area contributed by atoms with Gasteiger partial charge in [-0.1, -0.05) is 49.8 Å². The van der Waals surface area contributed by atoms with Crippen LogP contribution < -0.4 is 15.0 Å². The van der Waals surface area contributed by atoms with E-state index in [1.54, 1.807) is 7.11 Å². The highest BCUT2D eigenvalue weighted by atomic mass is 16.5. The van der Waals surface area contributed by atoms with Gasteiger partial charge in [0.05, 0.1) is 13.7 Å². The van der Waals surface area contributed by atoms with Crippen molar-refractivity contribution in [2.24, 2.45) is 0 Å². The molecule has 4 nitrogen and oxygen atoms in total. The van der Waals surface area contributed by atoms with E-state index in [-0.39, 0.29) is 11.3 Å². The maximum atomic E-state index is 12.3. The van der Waals surface area contributed by atoms with Gasteiger partial charge in [0.25, 0.3) is 0 Å². The summed E-state index contributed by atoms with van der Waals surface area (Å²) in [5.41, 5.74) is 3.92. The zero-order valence-electron chi connectivity index (χ0n) is 15.7. The smallest absolute Gasteiger partial charge is 0.241 e. The first-order chi connectivity index (χ1) is 12.4. The third-order valence-electron chi connectivity index (χ3n) is 5.76. The molecule has 0 spiro atoms. The molecule has 0 unspecified atom stereocenters. The molecule has 2 aromatic rings. The molecule has 0 aromatic heterocycles. The van der Waals surface area contributed by atoms with Crippen LogP contribution in [-0.4, -0.2) is 25.2 Å². The number of aryl methyl sites for hydroxylation is 1. The van der Waals surface area contributed by atoms with Gasteiger partial charge in [-0.05, 0) is 42.3 Å². The van der Waals surface area contributed by atoms with Crippen molar-refractivity contribution >= 4 is 17.7 Å². The molecule has 1 atom stereocenters. The number of anilines is 1. The molecule has 2 aliphatic heterocycles. The Kier molecular flexibility index (Phi) is 3.62. The topological polar surface area (TPSA) is 41.6 Å². The van der Waals surface area contributed by atoms with Gasteiger partial charge < -0.3 is 15.0 Å². The van der Waals surface area contributed by atoms with E-state index in [0.29, 0.717) is 6.54 Å². The minimum Gasteiger partial charge on any atom is -0.497 e. The Hall–Kier alpha value is -2.75. The molecule has 4 heteroatoms. The second kappa shape index (κ2) is 5.63. The first-order valence-corrected chi connectivity index (χ1v) is 8.90. The molecule has 2 aliphatic rings. The molecular formula is C22H24N2O2. The van der Waals surface area contributed by atoms with Crippen molar-refractivity contribution in [3.05, 3.63) is 65.2 Å². The highest BCUT2D eigenvalue weighted by Gasteiger charge is 2.59. The van der Waals surface area contributed by atoms with Gasteiger partial charge in [0.15, 0.2) is 0 Å². The van der Waals surface area contributed by atoms with Crippen molar-refractivity contribution in [2.75, 3.05) is 18.6 Å². The molecule has 0 radical (unpaired) electrons. The van der Waals surface area contributed by atoms with Gasteiger partial charge in [-0.2, -0.15) is 0 Å². The SMILES string of the molecule is COc1ccc(/C=C/[C@@]23NC(=O)CN2c2ccc(C)cc2C3(C)C)cc1. The molecule has 4 rings (SSSR count). The Labute approximate surface area is 154 Å². The lowest BCUT2D eigenvalue weighted by atomic mass is 9.75. The maximum absolute atomic E-state index is 12.3. The number of benzene rings is 2. The Morgan fingerprint density at radius 3 is 2.58 bits per heavy atom. The van der Waals surface area contributed by atoms with Crippen LogP contribution in [0.1, 0.15) is 30.5 Å². The van der Waals surface area contributed by atoms with Crippen LogP contribution in [0.25, 0.3) is 6.08 Å². The monoisotopic (exact) mass is 348 g/mol. The Morgan fingerprint density at radius 1 is 1.15 bits per heavy atom. The van der Waals surface area contributed by atoms with E-state index in [9.17, 15) is 4.79 Å². The summed E-state index contributed by atoms with van der Waals surface area (Å²) in [5, 5.41) is 3.25. The van der Waals surface area contributed by atoms with Crippen molar-refractivity contribution in [2.45, 2.75) is 31.8 Å². The standard InChI is InChI=1S/C22H24N2O2/c1-15-5-10-19-18(13-15)21(2,3)22(23-20(25)14-24(19)22)12-11-16-6-8-17(26-4)9-7-16/h5-13H,14H2,1-4H3,(H,23,25)/b12-11+/t22-/m1/s1. The fraction of sp³-hybridized carbons (Fsp3) is 0.318. The van der Waals surface area contributed by atoms with E-state index < -0.39 is 5.66 Å². The highest BCUT2D eigenvalue weighted by molar-refractivity contribution is 5.91. The molecule has 0 aliphatic carbocycles. The largest absolute Gasteiger partial charge is 0.497 e. The van der Waals surface area contributed by atoms with Crippen LogP contribution in [0.2, 0.25) is 0 Å². The molecule has 1 fully saturated rings. The van der Waals surface area contributed by atoms with E-state index in [1.165, 1.54) is 11.1 Å². The highest BCUT2D eigenvalue weighted by Crippen LogP contribution is 2.53. The summed E-state index contributed by atoms with van der Waals surface area (Å²) in [6.07, 6.45) is 4.22. The summed E-state index contributed by atoms with van der Waals surface area (Å²) in [6.45, 7) is 6.90. The van der Waals surface area contributed by atoms with Gasteiger partial charge >= 0.3 is 0 Å².